The quantitative estimate of drug-likeness (QED) is 0.618. The van der Waals surface area contributed by atoms with Gasteiger partial charge < -0.3 is 15.2 Å². The first kappa shape index (κ1) is 24.5. The maximum Gasteiger partial charge on any atom is 0.216 e. The summed E-state index contributed by atoms with van der Waals surface area (Å²) in [4.78, 5) is 10.9. The normalized spacial score (nSPS) is 9.30. The Morgan fingerprint density at radius 3 is 2.00 bits per heavy atom. The summed E-state index contributed by atoms with van der Waals surface area (Å²) < 4.78 is 5.94. The van der Waals surface area contributed by atoms with Crippen molar-refractivity contribution in [3.63, 3.8) is 0 Å². The van der Waals surface area contributed by atoms with Crippen LogP contribution in [0.5, 0.6) is 17.2 Å². The van der Waals surface area contributed by atoms with Gasteiger partial charge in [-0.05, 0) is 67.6 Å². The molecule has 0 aliphatic carbocycles. The Balaban J connectivity index is 0.00000158. The molecule has 0 radical (unpaired) electrons. The van der Waals surface area contributed by atoms with Gasteiger partial charge in [-0.1, -0.05) is 39.8 Å². The SMILES string of the molecule is CC.CC.CC(=O)NCCCc1cc(C)c(Oc2ccc(O)cc2)c(C)c1. The lowest BCUT2D eigenvalue weighted by atomic mass is 10.0. The second kappa shape index (κ2) is 13.7. The zero-order chi connectivity index (χ0) is 20.8. The molecule has 0 atom stereocenters. The summed E-state index contributed by atoms with van der Waals surface area (Å²) in [6, 6.07) is 10.9. The van der Waals surface area contributed by atoms with Gasteiger partial charge in [0.25, 0.3) is 0 Å². The molecule has 0 unspecified atom stereocenters. The van der Waals surface area contributed by atoms with Crippen LogP contribution in [0.2, 0.25) is 0 Å². The number of rotatable bonds is 6. The maximum absolute atomic E-state index is 10.9. The third-order valence-corrected chi connectivity index (χ3v) is 3.59. The van der Waals surface area contributed by atoms with Crippen LogP contribution >= 0.6 is 0 Å². The highest BCUT2D eigenvalue weighted by Gasteiger charge is 2.08. The number of hydrogen-bond acceptors (Lipinski definition) is 3. The average molecular weight is 374 g/mol. The van der Waals surface area contributed by atoms with E-state index in [9.17, 15) is 9.90 Å². The van der Waals surface area contributed by atoms with Crippen LogP contribution in [-0.2, 0) is 11.2 Å². The molecular formula is C23H35NO3. The van der Waals surface area contributed by atoms with Crippen molar-refractivity contribution < 1.29 is 14.6 Å². The summed E-state index contributed by atoms with van der Waals surface area (Å²) in [5, 5.41) is 12.1. The van der Waals surface area contributed by atoms with Crippen molar-refractivity contribution >= 4 is 5.91 Å². The first-order chi connectivity index (χ1) is 13.0. The van der Waals surface area contributed by atoms with Crippen LogP contribution in [0.25, 0.3) is 0 Å². The number of phenols is 1. The first-order valence-electron chi connectivity index (χ1n) is 9.77. The van der Waals surface area contributed by atoms with Gasteiger partial charge in [0.05, 0.1) is 0 Å². The number of nitrogens with one attached hydrogen (secondary N) is 1. The Labute approximate surface area is 164 Å². The lowest BCUT2D eigenvalue weighted by Gasteiger charge is -2.14. The average Bonchev–Trinajstić information content (AvgIpc) is 2.66. The number of amides is 1. The molecule has 4 nitrogen and oxygen atoms in total. The van der Waals surface area contributed by atoms with Crippen molar-refractivity contribution in [1.29, 1.82) is 0 Å². The van der Waals surface area contributed by atoms with E-state index < -0.39 is 0 Å². The van der Waals surface area contributed by atoms with Gasteiger partial charge in [0.15, 0.2) is 0 Å². The predicted molar refractivity (Wildman–Crippen MR) is 114 cm³/mol. The Kier molecular flexibility index (Phi) is 12.4. The van der Waals surface area contributed by atoms with Crippen molar-refractivity contribution in [3.05, 3.63) is 53.1 Å². The van der Waals surface area contributed by atoms with Crippen molar-refractivity contribution in [3.8, 4) is 17.2 Å². The van der Waals surface area contributed by atoms with E-state index in [1.54, 1.807) is 24.3 Å². The number of ether oxygens (including phenoxy) is 1. The van der Waals surface area contributed by atoms with E-state index in [0.717, 1.165) is 29.7 Å². The molecule has 2 rings (SSSR count). The highest BCUT2D eigenvalue weighted by molar-refractivity contribution is 5.72. The number of aromatic hydroxyl groups is 1. The van der Waals surface area contributed by atoms with Crippen LogP contribution in [0, 0.1) is 13.8 Å². The Morgan fingerprint density at radius 2 is 1.52 bits per heavy atom. The lowest BCUT2D eigenvalue weighted by Crippen LogP contribution is -2.21. The van der Waals surface area contributed by atoms with Crippen molar-refractivity contribution in [2.45, 2.75) is 61.3 Å². The van der Waals surface area contributed by atoms with E-state index in [4.69, 9.17) is 4.74 Å². The third kappa shape index (κ3) is 9.13. The molecule has 0 spiro atoms. The standard InChI is InChI=1S/C19H23NO3.2C2H6/c1-13-11-16(5-4-10-20-15(3)21)12-14(2)19(13)23-18-8-6-17(22)7-9-18;2*1-2/h6-9,11-12,22H,4-5,10H2,1-3H3,(H,20,21);2*1-2H3. The largest absolute Gasteiger partial charge is 0.508 e. The number of aryl methyl sites for hydroxylation is 3. The smallest absolute Gasteiger partial charge is 0.216 e. The molecule has 0 saturated heterocycles. The fraction of sp³-hybridized carbons (Fsp3) is 0.435. The predicted octanol–water partition coefficient (Wildman–Crippen LogP) is 5.92. The Hall–Kier alpha value is -2.49. The molecule has 27 heavy (non-hydrogen) atoms. The Morgan fingerprint density at radius 1 is 1.00 bits per heavy atom. The van der Waals surface area contributed by atoms with Crippen molar-refractivity contribution in [2.24, 2.45) is 0 Å². The van der Waals surface area contributed by atoms with Gasteiger partial charge in [-0.3, -0.25) is 4.79 Å². The summed E-state index contributed by atoms with van der Waals surface area (Å²) in [6.45, 7) is 14.3. The minimum absolute atomic E-state index is 0.00927. The van der Waals surface area contributed by atoms with Crippen LogP contribution in [0.1, 0.15) is 57.7 Å². The minimum atomic E-state index is 0.00927. The van der Waals surface area contributed by atoms with Gasteiger partial charge in [0.2, 0.25) is 5.91 Å². The molecule has 0 bridgehead atoms. The zero-order valence-corrected chi connectivity index (χ0v) is 17.8. The van der Waals surface area contributed by atoms with E-state index in [-0.39, 0.29) is 11.7 Å². The topological polar surface area (TPSA) is 58.6 Å². The van der Waals surface area contributed by atoms with E-state index in [0.29, 0.717) is 12.3 Å². The third-order valence-electron chi connectivity index (χ3n) is 3.59. The molecule has 0 fully saturated rings. The molecule has 2 N–H and O–H groups in total. The van der Waals surface area contributed by atoms with E-state index in [1.165, 1.54) is 12.5 Å². The number of carbonyl (C=O) groups excluding carboxylic acids is 1. The lowest BCUT2D eigenvalue weighted by molar-refractivity contribution is -0.118. The number of benzene rings is 2. The fourth-order valence-corrected chi connectivity index (χ4v) is 2.53. The Bertz CT molecular complexity index is 656. The number of hydrogen-bond donors (Lipinski definition) is 2. The van der Waals surface area contributed by atoms with Crippen LogP contribution < -0.4 is 10.1 Å². The summed E-state index contributed by atoms with van der Waals surface area (Å²) in [5.41, 5.74) is 3.39. The molecule has 1 amide bonds. The summed E-state index contributed by atoms with van der Waals surface area (Å²) in [6.07, 6.45) is 1.83. The van der Waals surface area contributed by atoms with Gasteiger partial charge in [0, 0.05) is 13.5 Å². The highest BCUT2D eigenvalue weighted by atomic mass is 16.5. The summed E-state index contributed by atoms with van der Waals surface area (Å²) in [5.74, 6) is 1.78. The van der Waals surface area contributed by atoms with Gasteiger partial charge >= 0.3 is 0 Å². The fourth-order valence-electron chi connectivity index (χ4n) is 2.53. The van der Waals surface area contributed by atoms with Gasteiger partial charge in [-0.2, -0.15) is 0 Å². The van der Waals surface area contributed by atoms with Crippen molar-refractivity contribution in [1.82, 2.24) is 5.32 Å². The molecular weight excluding hydrogens is 338 g/mol. The van der Waals surface area contributed by atoms with E-state index >= 15 is 0 Å². The number of phenolic OH excluding ortho intramolecular Hbond substituents is 1. The zero-order valence-electron chi connectivity index (χ0n) is 17.8. The monoisotopic (exact) mass is 373 g/mol. The molecule has 0 saturated carbocycles. The second-order valence-corrected chi connectivity index (χ2v) is 5.74. The van der Waals surface area contributed by atoms with Gasteiger partial charge in [0.1, 0.15) is 17.2 Å². The molecule has 150 valence electrons. The number of carbonyl (C=O) groups is 1. The van der Waals surface area contributed by atoms with E-state index in [2.05, 4.69) is 17.4 Å². The molecule has 0 heterocycles. The van der Waals surface area contributed by atoms with Crippen LogP contribution in [-0.4, -0.2) is 17.6 Å². The van der Waals surface area contributed by atoms with Crippen LogP contribution in [0.4, 0.5) is 0 Å². The molecule has 0 aliphatic heterocycles. The minimum Gasteiger partial charge on any atom is -0.508 e. The molecule has 4 heteroatoms. The summed E-state index contributed by atoms with van der Waals surface area (Å²) in [7, 11) is 0. The molecule has 0 aliphatic rings. The second-order valence-electron chi connectivity index (χ2n) is 5.74. The van der Waals surface area contributed by atoms with Gasteiger partial charge in [-0.25, -0.2) is 0 Å². The van der Waals surface area contributed by atoms with Crippen LogP contribution in [0.3, 0.4) is 0 Å². The maximum atomic E-state index is 10.9. The molecule has 2 aromatic carbocycles. The molecule has 0 aromatic heterocycles. The van der Waals surface area contributed by atoms with Crippen molar-refractivity contribution in [2.75, 3.05) is 6.54 Å². The first-order valence-corrected chi connectivity index (χ1v) is 9.77. The highest BCUT2D eigenvalue weighted by Crippen LogP contribution is 2.30. The van der Waals surface area contributed by atoms with E-state index in [1.807, 2.05) is 41.5 Å². The van der Waals surface area contributed by atoms with Crippen LogP contribution in [0.15, 0.2) is 36.4 Å². The van der Waals surface area contributed by atoms with Gasteiger partial charge in [-0.15, -0.1) is 0 Å². The molecule has 2 aromatic rings. The summed E-state index contributed by atoms with van der Waals surface area (Å²) >= 11 is 0.